The molecule has 0 amide bonds. The number of fused-ring (bicyclic) bond motifs is 2. The standard InChI is InChI=1S/C28H39N/c1-15-11-9-13-23-25(15)19(5)17(3)21(7)27(23)29-28-22(8)18(4)20(6)26-16(2)12-10-14-24(26)28/h15-16,29H,9-14H2,1-8H3. The van der Waals surface area contributed by atoms with Gasteiger partial charge >= 0.3 is 0 Å². The van der Waals surface area contributed by atoms with Crippen LogP contribution in [0.5, 0.6) is 0 Å². The Morgan fingerprint density at radius 3 is 1.31 bits per heavy atom. The van der Waals surface area contributed by atoms with Crippen LogP contribution in [-0.2, 0) is 12.8 Å². The first kappa shape index (κ1) is 20.5. The van der Waals surface area contributed by atoms with Crippen LogP contribution in [0.25, 0.3) is 0 Å². The average Bonchev–Trinajstić information content (AvgIpc) is 2.69. The lowest BCUT2D eigenvalue weighted by atomic mass is 9.76. The van der Waals surface area contributed by atoms with Gasteiger partial charge in [-0.25, -0.2) is 0 Å². The van der Waals surface area contributed by atoms with E-state index in [0.717, 1.165) is 0 Å². The van der Waals surface area contributed by atoms with Gasteiger partial charge in [-0.05, 0) is 148 Å². The number of anilines is 2. The molecule has 0 heterocycles. The van der Waals surface area contributed by atoms with Gasteiger partial charge in [0.05, 0.1) is 0 Å². The lowest BCUT2D eigenvalue weighted by molar-refractivity contribution is 0.585. The van der Waals surface area contributed by atoms with E-state index in [9.17, 15) is 0 Å². The van der Waals surface area contributed by atoms with Crippen molar-refractivity contribution in [1.82, 2.24) is 0 Å². The van der Waals surface area contributed by atoms with Gasteiger partial charge in [-0.2, -0.15) is 0 Å². The third kappa shape index (κ3) is 3.13. The van der Waals surface area contributed by atoms with Crippen molar-refractivity contribution < 1.29 is 0 Å². The second-order valence-electron chi connectivity index (χ2n) is 10.00. The van der Waals surface area contributed by atoms with E-state index in [1.54, 1.807) is 22.3 Å². The molecular weight excluding hydrogens is 350 g/mol. The predicted octanol–water partition coefficient (Wildman–Crippen LogP) is 8.16. The Kier molecular flexibility index (Phi) is 5.30. The smallest absolute Gasteiger partial charge is 0.0452 e. The zero-order valence-corrected chi connectivity index (χ0v) is 19.9. The maximum absolute atomic E-state index is 4.07. The Bertz CT molecular complexity index is 900. The van der Waals surface area contributed by atoms with Gasteiger partial charge in [-0.3, -0.25) is 0 Å². The minimum Gasteiger partial charge on any atom is -0.355 e. The predicted molar refractivity (Wildman–Crippen MR) is 127 cm³/mol. The van der Waals surface area contributed by atoms with Crippen LogP contribution in [0.15, 0.2) is 0 Å². The highest BCUT2D eigenvalue weighted by Crippen LogP contribution is 2.46. The van der Waals surface area contributed by atoms with Crippen molar-refractivity contribution in [3.63, 3.8) is 0 Å². The number of nitrogens with one attached hydrogen (secondary N) is 1. The third-order valence-electron chi connectivity index (χ3n) is 8.43. The SMILES string of the molecule is Cc1c(C)c(Nc2c(C)c(C)c(C)c3c2CCCC3C)c2c(c1C)C(C)CCC2. The van der Waals surface area contributed by atoms with E-state index in [2.05, 4.69) is 60.7 Å². The fourth-order valence-corrected chi connectivity index (χ4v) is 6.29. The molecule has 2 unspecified atom stereocenters. The minimum absolute atomic E-state index is 0.674. The Balaban J connectivity index is 1.95. The molecule has 0 aromatic heterocycles. The highest BCUT2D eigenvalue weighted by molar-refractivity contribution is 5.78. The molecule has 29 heavy (non-hydrogen) atoms. The number of hydrogen-bond acceptors (Lipinski definition) is 1. The number of rotatable bonds is 2. The monoisotopic (exact) mass is 389 g/mol. The van der Waals surface area contributed by atoms with Crippen molar-refractivity contribution in [2.24, 2.45) is 0 Å². The van der Waals surface area contributed by atoms with Crippen LogP contribution in [-0.4, -0.2) is 0 Å². The van der Waals surface area contributed by atoms with Crippen LogP contribution in [0, 0.1) is 41.5 Å². The second kappa shape index (κ2) is 7.49. The van der Waals surface area contributed by atoms with E-state index < -0.39 is 0 Å². The largest absolute Gasteiger partial charge is 0.355 e. The zero-order valence-electron chi connectivity index (χ0n) is 19.9. The normalized spacial score (nSPS) is 21.0. The lowest BCUT2D eigenvalue weighted by Gasteiger charge is -2.33. The molecule has 1 nitrogen and oxygen atoms in total. The van der Waals surface area contributed by atoms with Crippen LogP contribution in [0.4, 0.5) is 11.4 Å². The fourth-order valence-electron chi connectivity index (χ4n) is 6.29. The summed E-state index contributed by atoms with van der Waals surface area (Å²) in [5.74, 6) is 1.35. The van der Waals surface area contributed by atoms with Crippen molar-refractivity contribution in [3.05, 3.63) is 55.6 Å². The van der Waals surface area contributed by atoms with Crippen molar-refractivity contribution >= 4 is 11.4 Å². The van der Waals surface area contributed by atoms with Gasteiger partial charge < -0.3 is 5.32 Å². The van der Waals surface area contributed by atoms with Crippen LogP contribution in [0.3, 0.4) is 0 Å². The van der Waals surface area contributed by atoms with Crippen LogP contribution < -0.4 is 5.32 Å². The molecule has 2 aromatic rings. The highest BCUT2D eigenvalue weighted by atomic mass is 14.9. The van der Waals surface area contributed by atoms with Gasteiger partial charge in [0.2, 0.25) is 0 Å². The third-order valence-corrected chi connectivity index (χ3v) is 8.43. The first-order chi connectivity index (χ1) is 13.7. The van der Waals surface area contributed by atoms with Crippen LogP contribution in [0.1, 0.15) is 107 Å². The number of benzene rings is 2. The molecule has 0 radical (unpaired) electrons. The molecule has 1 N–H and O–H groups in total. The van der Waals surface area contributed by atoms with E-state index in [4.69, 9.17) is 0 Å². The van der Waals surface area contributed by atoms with Gasteiger partial charge in [0.25, 0.3) is 0 Å². The zero-order chi connectivity index (χ0) is 21.0. The Morgan fingerprint density at radius 2 is 0.931 bits per heavy atom. The van der Waals surface area contributed by atoms with Gasteiger partial charge in [-0.15, -0.1) is 0 Å². The molecule has 0 aliphatic heterocycles. The molecule has 2 aromatic carbocycles. The first-order valence-electron chi connectivity index (χ1n) is 11.8. The van der Waals surface area contributed by atoms with Crippen LogP contribution >= 0.6 is 0 Å². The molecule has 0 fully saturated rings. The molecule has 2 atom stereocenters. The van der Waals surface area contributed by atoms with E-state index in [1.807, 2.05) is 0 Å². The summed E-state index contributed by atoms with van der Waals surface area (Å²) in [5, 5.41) is 4.07. The summed E-state index contributed by atoms with van der Waals surface area (Å²) in [7, 11) is 0. The quantitative estimate of drug-likeness (QED) is 0.546. The van der Waals surface area contributed by atoms with Gasteiger partial charge in [-0.1, -0.05) is 13.8 Å². The molecule has 156 valence electrons. The fraction of sp³-hybridized carbons (Fsp3) is 0.571. The molecule has 1 heteroatoms. The molecular formula is C28H39N. The molecule has 0 spiro atoms. The van der Waals surface area contributed by atoms with E-state index in [1.165, 1.54) is 83.3 Å². The highest BCUT2D eigenvalue weighted by Gasteiger charge is 2.28. The topological polar surface area (TPSA) is 12.0 Å². The van der Waals surface area contributed by atoms with Crippen LogP contribution in [0.2, 0.25) is 0 Å². The second-order valence-corrected chi connectivity index (χ2v) is 10.00. The summed E-state index contributed by atoms with van der Waals surface area (Å²) >= 11 is 0. The molecule has 0 saturated heterocycles. The van der Waals surface area contributed by atoms with Crippen molar-refractivity contribution in [3.8, 4) is 0 Å². The van der Waals surface area contributed by atoms with Crippen molar-refractivity contribution in [2.75, 3.05) is 5.32 Å². The summed E-state index contributed by atoms with van der Waals surface area (Å²) in [6, 6.07) is 0. The Morgan fingerprint density at radius 1 is 0.552 bits per heavy atom. The summed E-state index contributed by atoms with van der Waals surface area (Å²) in [6.45, 7) is 18.8. The van der Waals surface area contributed by atoms with E-state index in [0.29, 0.717) is 11.8 Å². The van der Waals surface area contributed by atoms with Crippen molar-refractivity contribution in [2.45, 2.75) is 106 Å². The minimum atomic E-state index is 0.674. The summed E-state index contributed by atoms with van der Waals surface area (Å²) < 4.78 is 0. The average molecular weight is 390 g/mol. The van der Waals surface area contributed by atoms with Gasteiger partial charge in [0, 0.05) is 11.4 Å². The van der Waals surface area contributed by atoms with E-state index in [-0.39, 0.29) is 0 Å². The Hall–Kier alpha value is -1.76. The molecule has 0 bridgehead atoms. The maximum atomic E-state index is 4.07. The summed E-state index contributed by atoms with van der Waals surface area (Å²) in [4.78, 5) is 0. The molecule has 0 saturated carbocycles. The van der Waals surface area contributed by atoms with E-state index >= 15 is 0 Å². The first-order valence-corrected chi connectivity index (χ1v) is 11.8. The molecule has 2 aliphatic carbocycles. The molecule has 2 aliphatic rings. The lowest BCUT2D eigenvalue weighted by Crippen LogP contribution is -2.17. The summed E-state index contributed by atoms with van der Waals surface area (Å²) in [5.41, 5.74) is 18.2. The molecule has 4 rings (SSSR count). The van der Waals surface area contributed by atoms with Gasteiger partial charge in [0.15, 0.2) is 0 Å². The maximum Gasteiger partial charge on any atom is 0.0452 e. The summed E-state index contributed by atoms with van der Waals surface area (Å²) in [6.07, 6.45) is 7.70. The van der Waals surface area contributed by atoms with Crippen molar-refractivity contribution in [1.29, 1.82) is 0 Å². The number of hydrogen-bond donors (Lipinski definition) is 1. The Labute approximate surface area is 178 Å². The van der Waals surface area contributed by atoms with Gasteiger partial charge in [0.1, 0.15) is 0 Å².